The van der Waals surface area contributed by atoms with Gasteiger partial charge >= 0.3 is 0 Å². The van der Waals surface area contributed by atoms with Crippen LogP contribution in [0.15, 0.2) is 27.4 Å². The van der Waals surface area contributed by atoms with E-state index in [9.17, 15) is 30.3 Å². The average molecular weight is 402 g/mol. The highest BCUT2D eigenvalue weighted by Gasteiger charge is 2.33. The summed E-state index contributed by atoms with van der Waals surface area (Å²) < 4.78 is 10.7. The minimum absolute atomic E-state index is 0.0270. The van der Waals surface area contributed by atoms with E-state index < -0.39 is 23.2 Å². The monoisotopic (exact) mass is 402 g/mol. The Kier molecular flexibility index (Phi) is 4.76. The summed E-state index contributed by atoms with van der Waals surface area (Å²) in [4.78, 5) is 13.1. The molecule has 8 nitrogen and oxygen atoms in total. The summed E-state index contributed by atoms with van der Waals surface area (Å²) in [5, 5.41) is 51.0. The molecule has 0 spiro atoms. The van der Waals surface area contributed by atoms with E-state index in [2.05, 4.69) is 0 Å². The molecule has 0 amide bonds. The van der Waals surface area contributed by atoms with Crippen LogP contribution in [0.2, 0.25) is 0 Å². The van der Waals surface area contributed by atoms with Gasteiger partial charge in [0, 0.05) is 24.3 Å². The zero-order chi connectivity index (χ0) is 20.9. The quantitative estimate of drug-likeness (QED) is 0.420. The van der Waals surface area contributed by atoms with Gasteiger partial charge in [0.25, 0.3) is 0 Å². The molecule has 0 saturated heterocycles. The van der Waals surface area contributed by atoms with Crippen molar-refractivity contribution in [2.24, 2.45) is 5.92 Å². The van der Waals surface area contributed by atoms with Crippen LogP contribution in [-0.2, 0) is 0 Å². The topological polar surface area (TPSA) is 141 Å². The van der Waals surface area contributed by atoms with Crippen molar-refractivity contribution < 1.29 is 34.7 Å². The fourth-order valence-electron chi connectivity index (χ4n) is 4.37. The average Bonchev–Trinajstić information content (AvgIpc) is 2.66. The van der Waals surface area contributed by atoms with E-state index in [4.69, 9.17) is 9.15 Å². The van der Waals surface area contributed by atoms with Gasteiger partial charge in [0.15, 0.2) is 11.5 Å². The Morgan fingerprint density at radius 2 is 1.79 bits per heavy atom. The number of aromatic hydroxyl groups is 3. The van der Waals surface area contributed by atoms with Gasteiger partial charge in [-0.15, -0.1) is 0 Å². The molecule has 5 N–H and O–H groups in total. The lowest BCUT2D eigenvalue weighted by Gasteiger charge is -2.32. The number of phenols is 3. The first-order valence-electron chi connectivity index (χ1n) is 9.35. The van der Waals surface area contributed by atoms with Crippen molar-refractivity contribution in [1.29, 1.82) is 0 Å². The maximum atomic E-state index is 13.1. The van der Waals surface area contributed by atoms with Gasteiger partial charge in [-0.05, 0) is 37.2 Å². The molecule has 3 atom stereocenters. The number of aliphatic hydroxyl groups excluding tert-OH is 2. The number of hydrogen-bond donors (Lipinski definition) is 5. The predicted molar refractivity (Wildman–Crippen MR) is 105 cm³/mol. The van der Waals surface area contributed by atoms with Gasteiger partial charge < -0.3 is 34.7 Å². The number of ether oxygens (including phenoxy) is 1. The van der Waals surface area contributed by atoms with Crippen LogP contribution in [-0.4, -0.2) is 45.4 Å². The zero-order valence-corrected chi connectivity index (χ0v) is 15.8. The molecule has 3 aromatic rings. The minimum Gasteiger partial charge on any atom is -0.507 e. The Morgan fingerprint density at radius 1 is 1.07 bits per heavy atom. The van der Waals surface area contributed by atoms with Gasteiger partial charge in [0.2, 0.25) is 5.43 Å². The van der Waals surface area contributed by atoms with E-state index in [1.807, 2.05) is 0 Å². The lowest BCUT2D eigenvalue weighted by atomic mass is 9.76. The van der Waals surface area contributed by atoms with Gasteiger partial charge in [-0.25, -0.2) is 0 Å². The second-order valence-corrected chi connectivity index (χ2v) is 7.59. The highest BCUT2D eigenvalue weighted by Crippen LogP contribution is 2.46. The Hall–Kier alpha value is -2.97. The van der Waals surface area contributed by atoms with Crippen molar-refractivity contribution in [3.63, 3.8) is 0 Å². The van der Waals surface area contributed by atoms with E-state index in [1.54, 1.807) is 0 Å². The maximum absolute atomic E-state index is 13.1. The van der Waals surface area contributed by atoms with E-state index in [1.165, 1.54) is 25.3 Å². The summed E-state index contributed by atoms with van der Waals surface area (Å²) in [5.74, 6) is -1.38. The molecule has 29 heavy (non-hydrogen) atoms. The highest BCUT2D eigenvalue weighted by molar-refractivity contribution is 5.96. The van der Waals surface area contributed by atoms with Crippen molar-refractivity contribution in [2.75, 3.05) is 13.7 Å². The highest BCUT2D eigenvalue weighted by atomic mass is 16.5. The Morgan fingerprint density at radius 3 is 2.48 bits per heavy atom. The lowest BCUT2D eigenvalue weighted by Crippen LogP contribution is -2.27. The molecule has 1 fully saturated rings. The first-order chi connectivity index (χ1) is 13.8. The van der Waals surface area contributed by atoms with E-state index in [-0.39, 0.29) is 57.3 Å². The lowest BCUT2D eigenvalue weighted by molar-refractivity contribution is 0.0642. The molecular weight excluding hydrogens is 380 g/mol. The van der Waals surface area contributed by atoms with E-state index in [0.717, 1.165) is 0 Å². The van der Waals surface area contributed by atoms with Crippen molar-refractivity contribution in [2.45, 2.75) is 31.3 Å². The third-order valence-corrected chi connectivity index (χ3v) is 5.70. The number of rotatable bonds is 3. The first-order valence-corrected chi connectivity index (χ1v) is 9.35. The van der Waals surface area contributed by atoms with Crippen LogP contribution < -0.4 is 10.2 Å². The molecule has 1 aliphatic carbocycles. The SMILES string of the molecule is COc1cc2c(=O)c3c(O)c(C4CC(O)CC(CO)C4)c(O)cc3oc2cc1O. The van der Waals surface area contributed by atoms with E-state index >= 15 is 0 Å². The summed E-state index contributed by atoms with van der Waals surface area (Å²) in [5.41, 5.74) is -0.317. The summed E-state index contributed by atoms with van der Waals surface area (Å²) in [6, 6.07) is 3.82. The molecule has 2 aromatic carbocycles. The zero-order valence-electron chi connectivity index (χ0n) is 15.8. The standard InChI is InChI=1S/C21H22O8/c1-28-16-5-12-15(6-13(16)24)29-17-7-14(25)18(21(27)19(17)20(12)26)10-2-9(8-22)3-11(23)4-10/h5-7,9-11,22-25,27H,2-4,8H2,1H3. The molecule has 1 heterocycles. The number of hydrogen-bond acceptors (Lipinski definition) is 8. The van der Waals surface area contributed by atoms with Gasteiger partial charge in [-0.3, -0.25) is 4.79 Å². The van der Waals surface area contributed by atoms with Gasteiger partial charge in [-0.1, -0.05) is 0 Å². The summed E-state index contributed by atoms with van der Waals surface area (Å²) in [6.07, 6.45) is 0.517. The summed E-state index contributed by atoms with van der Waals surface area (Å²) in [7, 11) is 1.35. The largest absolute Gasteiger partial charge is 0.507 e. The third-order valence-electron chi connectivity index (χ3n) is 5.70. The molecule has 1 saturated carbocycles. The molecule has 154 valence electrons. The minimum atomic E-state index is -0.680. The first kappa shape index (κ1) is 19.4. The fourth-order valence-corrected chi connectivity index (χ4v) is 4.37. The molecule has 3 unspecified atom stereocenters. The predicted octanol–water partition coefficient (Wildman–Crippen LogP) is 2.31. The van der Waals surface area contributed by atoms with Crippen LogP contribution in [0.25, 0.3) is 21.9 Å². The van der Waals surface area contributed by atoms with Crippen LogP contribution in [0.1, 0.15) is 30.7 Å². The smallest absolute Gasteiger partial charge is 0.204 e. The molecular formula is C21H22O8. The Balaban J connectivity index is 1.96. The Bertz CT molecular complexity index is 1150. The van der Waals surface area contributed by atoms with Crippen LogP contribution in [0, 0.1) is 5.92 Å². The molecule has 8 heteroatoms. The van der Waals surface area contributed by atoms with Gasteiger partial charge in [0.1, 0.15) is 28.1 Å². The maximum Gasteiger partial charge on any atom is 0.204 e. The molecule has 0 bridgehead atoms. The van der Waals surface area contributed by atoms with Crippen molar-refractivity contribution >= 4 is 21.9 Å². The number of aliphatic hydroxyl groups is 2. The second kappa shape index (κ2) is 7.13. The summed E-state index contributed by atoms with van der Waals surface area (Å²) >= 11 is 0. The number of methoxy groups -OCH3 is 1. The summed E-state index contributed by atoms with van der Waals surface area (Å²) in [6.45, 7) is -0.112. The van der Waals surface area contributed by atoms with Gasteiger partial charge in [-0.2, -0.15) is 0 Å². The Labute approximate surface area is 165 Å². The molecule has 0 radical (unpaired) electrons. The van der Waals surface area contributed by atoms with E-state index in [0.29, 0.717) is 19.3 Å². The number of benzene rings is 2. The number of phenolic OH excluding ortho intramolecular Hbond substituents is 3. The van der Waals surface area contributed by atoms with Crippen LogP contribution in [0.5, 0.6) is 23.0 Å². The molecule has 1 aliphatic rings. The van der Waals surface area contributed by atoms with Crippen molar-refractivity contribution in [3.05, 3.63) is 34.0 Å². The van der Waals surface area contributed by atoms with Crippen molar-refractivity contribution in [3.8, 4) is 23.0 Å². The molecule has 0 aliphatic heterocycles. The molecule has 4 rings (SSSR count). The molecule has 1 aromatic heterocycles. The van der Waals surface area contributed by atoms with Crippen LogP contribution >= 0.6 is 0 Å². The van der Waals surface area contributed by atoms with Crippen LogP contribution in [0.4, 0.5) is 0 Å². The van der Waals surface area contributed by atoms with Gasteiger partial charge in [0.05, 0.1) is 18.6 Å². The second-order valence-electron chi connectivity index (χ2n) is 7.59. The normalized spacial score (nSPS) is 22.2. The van der Waals surface area contributed by atoms with Crippen molar-refractivity contribution in [1.82, 2.24) is 0 Å². The van der Waals surface area contributed by atoms with Crippen LogP contribution in [0.3, 0.4) is 0 Å². The fraction of sp³-hybridized carbons (Fsp3) is 0.381. The third kappa shape index (κ3) is 3.14. The number of fused-ring (bicyclic) bond motifs is 2.